The Morgan fingerprint density at radius 1 is 1.19 bits per heavy atom. The molecule has 2 aliphatic carbocycles. The summed E-state index contributed by atoms with van der Waals surface area (Å²) in [6, 6.07) is 7.23. The quantitative estimate of drug-likeness (QED) is 0.833. The third-order valence-corrected chi connectivity index (χ3v) is 6.13. The molecule has 0 radical (unpaired) electrons. The molecular weight excluding hydrogens is 281 g/mol. The Kier molecular flexibility index (Phi) is 2.82. The van der Waals surface area contributed by atoms with E-state index in [1.165, 1.54) is 35.3 Å². The van der Waals surface area contributed by atoms with Gasteiger partial charge in [-0.3, -0.25) is 0 Å². The van der Waals surface area contributed by atoms with Crippen LogP contribution in [0.15, 0.2) is 29.8 Å². The van der Waals surface area contributed by atoms with Gasteiger partial charge in [-0.15, -0.1) is 11.3 Å². The van der Waals surface area contributed by atoms with E-state index in [-0.39, 0.29) is 11.4 Å². The van der Waals surface area contributed by atoms with E-state index in [0.717, 1.165) is 10.1 Å². The van der Waals surface area contributed by atoms with Crippen molar-refractivity contribution in [1.29, 1.82) is 0 Å². The number of hydrogen-bond acceptors (Lipinski definition) is 2. The SMILES string of the molecule is CC(C)(N)C1=C(c2cc3cc(F)ccc3s2)C2CCC1C2. The smallest absolute Gasteiger partial charge is 0.123 e. The summed E-state index contributed by atoms with van der Waals surface area (Å²) in [5.74, 6) is 1.16. The van der Waals surface area contributed by atoms with Crippen LogP contribution in [-0.2, 0) is 0 Å². The first kappa shape index (κ1) is 13.5. The number of benzene rings is 1. The molecule has 2 atom stereocenters. The topological polar surface area (TPSA) is 26.0 Å². The molecular formula is C18H20FNS. The molecule has 2 unspecified atom stereocenters. The highest BCUT2D eigenvalue weighted by Crippen LogP contribution is 2.56. The molecule has 21 heavy (non-hydrogen) atoms. The van der Waals surface area contributed by atoms with Gasteiger partial charge in [0, 0.05) is 15.1 Å². The lowest BCUT2D eigenvalue weighted by molar-refractivity contribution is 0.509. The van der Waals surface area contributed by atoms with E-state index in [4.69, 9.17) is 5.73 Å². The maximum Gasteiger partial charge on any atom is 0.123 e. The van der Waals surface area contributed by atoms with Gasteiger partial charge in [0.1, 0.15) is 5.82 Å². The van der Waals surface area contributed by atoms with Gasteiger partial charge in [0.05, 0.1) is 0 Å². The monoisotopic (exact) mass is 301 g/mol. The molecule has 1 nitrogen and oxygen atoms in total. The molecule has 1 aromatic heterocycles. The van der Waals surface area contributed by atoms with Crippen LogP contribution in [0.25, 0.3) is 15.7 Å². The minimum absolute atomic E-state index is 0.159. The maximum absolute atomic E-state index is 13.4. The first-order chi connectivity index (χ1) is 9.93. The van der Waals surface area contributed by atoms with Gasteiger partial charge in [-0.25, -0.2) is 4.39 Å². The highest BCUT2D eigenvalue weighted by atomic mass is 32.1. The standard InChI is InChI=1S/C18H20FNS/c1-18(2,20)17-11-4-3-10(7-11)16(17)15-9-12-8-13(19)5-6-14(12)21-15/h5-6,8-11H,3-4,7,20H2,1-2H3. The molecule has 3 heteroatoms. The summed E-state index contributed by atoms with van der Waals surface area (Å²) in [5, 5.41) is 1.01. The van der Waals surface area contributed by atoms with Gasteiger partial charge in [-0.05, 0) is 85.7 Å². The molecule has 110 valence electrons. The van der Waals surface area contributed by atoms with Gasteiger partial charge in [0.25, 0.3) is 0 Å². The normalized spacial score (nSPS) is 25.3. The van der Waals surface area contributed by atoms with Crippen LogP contribution in [0, 0.1) is 17.7 Å². The average molecular weight is 301 g/mol. The Morgan fingerprint density at radius 3 is 2.71 bits per heavy atom. The van der Waals surface area contributed by atoms with Crippen molar-refractivity contribution in [1.82, 2.24) is 0 Å². The van der Waals surface area contributed by atoms with E-state index >= 15 is 0 Å². The fourth-order valence-electron chi connectivity index (χ4n) is 4.30. The Bertz CT molecular complexity index is 750. The van der Waals surface area contributed by atoms with Gasteiger partial charge in [0.15, 0.2) is 0 Å². The van der Waals surface area contributed by atoms with Crippen molar-refractivity contribution in [2.24, 2.45) is 17.6 Å². The fourth-order valence-corrected chi connectivity index (χ4v) is 5.48. The van der Waals surface area contributed by atoms with Gasteiger partial charge < -0.3 is 5.73 Å². The van der Waals surface area contributed by atoms with Crippen LogP contribution in [0.1, 0.15) is 38.0 Å². The summed E-state index contributed by atoms with van der Waals surface area (Å²) in [7, 11) is 0. The zero-order chi connectivity index (χ0) is 14.8. The molecule has 4 rings (SSSR count). The highest BCUT2D eigenvalue weighted by molar-refractivity contribution is 7.20. The van der Waals surface area contributed by atoms with Crippen LogP contribution in [-0.4, -0.2) is 5.54 Å². The molecule has 1 aromatic carbocycles. The Hall–Kier alpha value is -1.19. The molecule has 2 bridgehead atoms. The molecule has 1 heterocycles. The number of allylic oxidation sites excluding steroid dienone is 1. The second-order valence-electron chi connectivity index (χ2n) is 7.05. The molecule has 0 spiro atoms. The van der Waals surface area contributed by atoms with E-state index in [2.05, 4.69) is 19.9 Å². The van der Waals surface area contributed by atoms with E-state index in [9.17, 15) is 4.39 Å². The van der Waals surface area contributed by atoms with Crippen LogP contribution < -0.4 is 5.73 Å². The van der Waals surface area contributed by atoms with Crippen molar-refractivity contribution < 1.29 is 4.39 Å². The molecule has 0 aliphatic heterocycles. The van der Waals surface area contributed by atoms with Gasteiger partial charge in [-0.2, -0.15) is 0 Å². The van der Waals surface area contributed by atoms with Crippen molar-refractivity contribution in [3.63, 3.8) is 0 Å². The number of nitrogens with two attached hydrogens (primary N) is 1. The van der Waals surface area contributed by atoms with E-state index in [0.29, 0.717) is 11.8 Å². The second-order valence-corrected chi connectivity index (χ2v) is 8.13. The van der Waals surface area contributed by atoms with Crippen molar-refractivity contribution in [2.75, 3.05) is 0 Å². The summed E-state index contributed by atoms with van der Waals surface area (Å²) >= 11 is 1.78. The van der Waals surface area contributed by atoms with Crippen LogP contribution in [0.2, 0.25) is 0 Å². The van der Waals surface area contributed by atoms with Crippen molar-refractivity contribution >= 4 is 27.0 Å². The van der Waals surface area contributed by atoms with Crippen molar-refractivity contribution in [3.05, 3.63) is 40.5 Å². The van der Waals surface area contributed by atoms with Gasteiger partial charge in [-0.1, -0.05) is 0 Å². The minimum atomic E-state index is -0.253. The zero-order valence-electron chi connectivity index (χ0n) is 12.4. The molecule has 2 N–H and O–H groups in total. The fraction of sp³-hybridized carbons (Fsp3) is 0.444. The second kappa shape index (κ2) is 4.40. The lowest BCUT2D eigenvalue weighted by atomic mass is 9.80. The molecule has 1 fully saturated rings. The predicted molar refractivity (Wildman–Crippen MR) is 87.8 cm³/mol. The van der Waals surface area contributed by atoms with Crippen LogP contribution in [0.5, 0.6) is 0 Å². The summed E-state index contributed by atoms with van der Waals surface area (Å²) in [6.07, 6.45) is 3.82. The largest absolute Gasteiger partial charge is 0.322 e. The van der Waals surface area contributed by atoms with Crippen molar-refractivity contribution in [3.8, 4) is 0 Å². The molecule has 2 aromatic rings. The summed E-state index contributed by atoms with van der Waals surface area (Å²) in [4.78, 5) is 1.30. The Labute approximate surface area is 128 Å². The molecule has 1 saturated carbocycles. The van der Waals surface area contributed by atoms with E-state index < -0.39 is 0 Å². The Balaban J connectivity index is 1.91. The maximum atomic E-state index is 13.4. The summed E-state index contributed by atoms with van der Waals surface area (Å²) in [6.45, 7) is 4.24. The molecule has 0 saturated heterocycles. The van der Waals surface area contributed by atoms with E-state index in [1.807, 2.05) is 6.07 Å². The van der Waals surface area contributed by atoms with Crippen LogP contribution in [0.4, 0.5) is 4.39 Å². The van der Waals surface area contributed by atoms with Crippen molar-refractivity contribution in [2.45, 2.75) is 38.6 Å². The number of rotatable bonds is 2. The lowest BCUT2D eigenvalue weighted by Crippen LogP contribution is -2.37. The number of thiophene rings is 1. The third kappa shape index (κ3) is 2.06. The Morgan fingerprint density at radius 2 is 1.95 bits per heavy atom. The first-order valence-electron chi connectivity index (χ1n) is 7.66. The molecule has 2 aliphatic rings. The van der Waals surface area contributed by atoms with Gasteiger partial charge in [0.2, 0.25) is 0 Å². The van der Waals surface area contributed by atoms with Gasteiger partial charge >= 0.3 is 0 Å². The average Bonchev–Trinajstić information content (AvgIpc) is 3.09. The number of hydrogen-bond donors (Lipinski definition) is 1. The third-order valence-electron chi connectivity index (χ3n) is 4.98. The van der Waals surface area contributed by atoms with E-state index in [1.54, 1.807) is 23.5 Å². The summed E-state index contributed by atoms with van der Waals surface area (Å²) < 4.78 is 14.6. The highest BCUT2D eigenvalue weighted by Gasteiger charge is 2.44. The molecule has 0 amide bonds. The number of halogens is 1. The summed E-state index contributed by atoms with van der Waals surface area (Å²) in [5.41, 5.74) is 9.13. The lowest BCUT2D eigenvalue weighted by Gasteiger charge is -2.30. The first-order valence-corrected chi connectivity index (χ1v) is 8.48. The van der Waals surface area contributed by atoms with Crippen LogP contribution >= 0.6 is 11.3 Å². The number of fused-ring (bicyclic) bond motifs is 3. The minimum Gasteiger partial charge on any atom is -0.322 e. The van der Waals surface area contributed by atoms with Crippen LogP contribution in [0.3, 0.4) is 0 Å². The predicted octanol–water partition coefficient (Wildman–Crippen LogP) is 4.96. The zero-order valence-corrected chi connectivity index (χ0v) is 13.3.